The van der Waals surface area contributed by atoms with Crippen LogP contribution in [-0.4, -0.2) is 15.8 Å². The molecule has 5 heteroatoms. The summed E-state index contributed by atoms with van der Waals surface area (Å²) < 4.78 is 4.95. The van der Waals surface area contributed by atoms with Crippen molar-refractivity contribution in [1.82, 2.24) is 9.13 Å². The molecule has 1 aliphatic carbocycles. The first-order valence-corrected chi connectivity index (χ1v) is 45.8. The van der Waals surface area contributed by atoms with E-state index in [1.165, 1.54) is 197 Å². The number of hydrogen-bond acceptors (Lipinski definition) is 2. The lowest BCUT2D eigenvalue weighted by Gasteiger charge is -2.46. The van der Waals surface area contributed by atoms with Crippen molar-refractivity contribution in [2.75, 3.05) is 9.80 Å². The van der Waals surface area contributed by atoms with Crippen LogP contribution in [0.4, 0.5) is 34.1 Å². The van der Waals surface area contributed by atoms with Crippen LogP contribution in [0.15, 0.2) is 315 Å². The minimum absolute atomic E-state index is 0.0650. The minimum Gasteiger partial charge on any atom is -0.310 e. The molecule has 0 spiro atoms. The number of aromatic nitrogens is 2. The number of anilines is 6. The summed E-state index contributed by atoms with van der Waals surface area (Å²) >= 11 is 0. The fourth-order valence-corrected chi connectivity index (χ4v) is 20.7. The Balaban J connectivity index is 0.951. The Hall–Kier alpha value is -12.4. The Morgan fingerprint density at radius 3 is 0.816 bits per heavy atom. The zero-order chi connectivity index (χ0) is 86.7. The summed E-state index contributed by atoms with van der Waals surface area (Å²) in [6.45, 7) is 42.2. The van der Waals surface area contributed by atoms with Gasteiger partial charge in [0.1, 0.15) is 0 Å². The quantitative estimate of drug-likeness (QED) is 0.120. The van der Waals surface area contributed by atoms with Crippen molar-refractivity contribution in [2.45, 2.75) is 195 Å². The van der Waals surface area contributed by atoms with Gasteiger partial charge < -0.3 is 18.9 Å². The molecule has 15 aromatic carbocycles. The van der Waals surface area contributed by atoms with Crippen molar-refractivity contribution in [3.05, 3.63) is 354 Å². The van der Waals surface area contributed by atoms with E-state index in [0.29, 0.717) is 5.92 Å². The number of benzene rings is 15. The monoisotopic (exact) mass is 1620 g/mol. The summed E-state index contributed by atoms with van der Waals surface area (Å²) in [5, 5.41) is 4.99. The lowest BCUT2D eigenvalue weighted by atomic mass is 9.33. The van der Waals surface area contributed by atoms with Crippen LogP contribution in [0.3, 0.4) is 0 Å². The molecule has 3 aliphatic rings. The van der Waals surface area contributed by atoms with Gasteiger partial charge in [-0.2, -0.15) is 0 Å². The van der Waals surface area contributed by atoms with Crippen LogP contribution in [0.25, 0.3) is 122 Å². The average Bonchev–Trinajstić information content (AvgIpc) is 1.62. The predicted molar refractivity (Wildman–Crippen MR) is 540 cm³/mol. The van der Waals surface area contributed by atoms with Crippen LogP contribution in [0.2, 0.25) is 0 Å². The van der Waals surface area contributed by atoms with Crippen LogP contribution < -0.4 is 26.2 Å². The van der Waals surface area contributed by atoms with Gasteiger partial charge in [0.15, 0.2) is 0 Å². The number of nitrogens with zero attached hydrogens (tertiary/aromatic N) is 4. The maximum absolute atomic E-state index is 2.82. The van der Waals surface area contributed by atoms with Crippen molar-refractivity contribution in [3.8, 4) is 78.1 Å². The predicted octanol–water partition coefficient (Wildman–Crippen LogP) is 31.8. The highest BCUT2D eigenvalue weighted by molar-refractivity contribution is 7.00. The Morgan fingerprint density at radius 1 is 0.240 bits per heavy atom. The molecule has 1 fully saturated rings. The zero-order valence-electron chi connectivity index (χ0n) is 76.5. The van der Waals surface area contributed by atoms with Gasteiger partial charge in [-0.25, -0.2) is 0 Å². The van der Waals surface area contributed by atoms with Crippen LogP contribution >= 0.6 is 0 Å². The van der Waals surface area contributed by atoms with E-state index in [1.54, 1.807) is 0 Å². The van der Waals surface area contributed by atoms with Gasteiger partial charge in [-0.15, -0.1) is 0 Å². The van der Waals surface area contributed by atoms with E-state index < -0.39 is 0 Å². The standard InChI is InChI=1S/C120H117BN4/c1-115(2,3)86-56-46-77(47-57-86)98-72-90(119(13,14)15)73-99(78-48-58-87(59-49-78)116(4,5)6)113(98)124-108-64-54-83(81-34-30-36-92(66-81)122-104-42-26-22-38-94(104)95-39-23-27-43-105(95)122)68-102(108)121-103-69-84(82-35-31-37-93(67-82)123-106-44-28-24-40-96(106)97-41-25-29-45-107(97)123)55-65-109(103)125(111-71-85(70-110(124)112(111)121)76-32-20-19-21-33-76)114-100(79-50-60-88(61-51-79)117(7,8)9)74-91(120(16,17)18)75-101(114)80-52-62-89(63-53-80)118(10,11)12/h22-31,34-76H,19-21,32-33H2,1-18H3. The number of rotatable bonds is 11. The Labute approximate surface area is 742 Å². The molecule has 0 radical (unpaired) electrons. The third-order valence-corrected chi connectivity index (χ3v) is 27.8. The first-order valence-electron chi connectivity index (χ1n) is 45.8. The Morgan fingerprint density at radius 2 is 0.520 bits per heavy atom. The first kappa shape index (κ1) is 80.9. The third kappa shape index (κ3) is 14.3. The maximum Gasteiger partial charge on any atom is 0.252 e. The smallest absolute Gasteiger partial charge is 0.252 e. The molecule has 0 amide bonds. The molecule has 0 unspecified atom stereocenters. The minimum atomic E-state index is -0.297. The van der Waals surface area contributed by atoms with Crippen LogP contribution in [0, 0.1) is 0 Å². The Kier molecular flexibility index (Phi) is 19.5. The topological polar surface area (TPSA) is 16.3 Å². The summed E-state index contributed by atoms with van der Waals surface area (Å²) in [4.78, 5) is 5.65. The molecule has 4 heterocycles. The highest BCUT2D eigenvalue weighted by Crippen LogP contribution is 2.57. The van der Waals surface area contributed by atoms with Crippen molar-refractivity contribution in [2.24, 2.45) is 0 Å². The lowest BCUT2D eigenvalue weighted by Crippen LogP contribution is -2.61. The van der Waals surface area contributed by atoms with Crippen molar-refractivity contribution in [3.63, 3.8) is 0 Å². The van der Waals surface area contributed by atoms with Gasteiger partial charge in [-0.05, 0) is 248 Å². The van der Waals surface area contributed by atoms with Crippen LogP contribution in [0.1, 0.15) is 202 Å². The molecule has 1 saturated carbocycles. The van der Waals surface area contributed by atoms with Gasteiger partial charge in [0.05, 0.1) is 33.4 Å². The molecular weight excluding hydrogens is 1510 g/mol. The van der Waals surface area contributed by atoms with E-state index in [0.717, 1.165) is 46.5 Å². The average molecular weight is 1630 g/mol. The van der Waals surface area contributed by atoms with E-state index in [2.05, 4.69) is 459 Å². The van der Waals surface area contributed by atoms with Crippen molar-refractivity contribution < 1.29 is 0 Å². The van der Waals surface area contributed by atoms with Gasteiger partial charge in [0.2, 0.25) is 0 Å². The molecule has 0 saturated heterocycles. The summed E-state index contributed by atoms with van der Waals surface area (Å²) in [7, 11) is 0. The second-order valence-corrected chi connectivity index (χ2v) is 42.4. The SMILES string of the molecule is CC(C)(C)c1ccc(-c2cc(C(C)(C)C)cc(-c3ccc(C(C)(C)C)cc3)c2N2c3ccc(-c4cccc(-n5c6ccccc6c6ccccc65)c4)cc3B3c4cc(-c5cccc(-n6c7ccccc7c7ccccc76)c5)ccc4N(c4c(-c5ccc(C(C)(C)C)cc5)cc(C(C)(C)C)cc4-c4ccc(C(C)(C)C)cc4)c4cc(C5CCCCC5)cc2c43)cc1. The van der Waals surface area contributed by atoms with E-state index in [4.69, 9.17) is 0 Å². The van der Waals surface area contributed by atoms with Crippen molar-refractivity contribution >= 4 is 101 Å². The van der Waals surface area contributed by atoms with E-state index in [9.17, 15) is 0 Å². The zero-order valence-corrected chi connectivity index (χ0v) is 76.5. The molecule has 2 aliphatic heterocycles. The molecule has 2 aromatic heterocycles. The maximum atomic E-state index is 2.82. The third-order valence-electron chi connectivity index (χ3n) is 27.8. The highest BCUT2D eigenvalue weighted by Gasteiger charge is 2.47. The molecule has 0 N–H and O–H groups in total. The summed E-state index contributed by atoms with van der Waals surface area (Å²) in [5.41, 5.74) is 40.7. The molecule has 0 atom stereocenters. The summed E-state index contributed by atoms with van der Waals surface area (Å²) in [5.74, 6) is 0.317. The number of hydrogen-bond donors (Lipinski definition) is 0. The summed E-state index contributed by atoms with van der Waals surface area (Å²) in [6.07, 6.45) is 5.87. The first-order chi connectivity index (χ1) is 59.8. The second kappa shape index (κ2) is 30.2. The normalized spacial score (nSPS) is 14.1. The fraction of sp³-hybridized carbons (Fsp3) is 0.250. The Bertz CT molecular complexity index is 6420. The van der Waals surface area contributed by atoms with Gasteiger partial charge in [0.25, 0.3) is 6.71 Å². The largest absolute Gasteiger partial charge is 0.310 e. The van der Waals surface area contributed by atoms with Gasteiger partial charge >= 0.3 is 0 Å². The lowest BCUT2D eigenvalue weighted by molar-refractivity contribution is 0.444. The molecule has 20 rings (SSSR count). The molecule has 125 heavy (non-hydrogen) atoms. The van der Waals surface area contributed by atoms with Gasteiger partial charge in [-0.3, -0.25) is 0 Å². The second-order valence-electron chi connectivity index (χ2n) is 42.4. The molecule has 0 bridgehead atoms. The molecule has 17 aromatic rings. The molecular formula is C120H117BN4. The van der Waals surface area contributed by atoms with Crippen molar-refractivity contribution in [1.29, 1.82) is 0 Å². The number of para-hydroxylation sites is 4. The van der Waals surface area contributed by atoms with Crippen LogP contribution in [-0.2, 0) is 32.5 Å². The van der Waals surface area contributed by atoms with Gasteiger partial charge in [0, 0.05) is 77.9 Å². The van der Waals surface area contributed by atoms with Crippen LogP contribution in [0.5, 0.6) is 0 Å². The fourth-order valence-electron chi connectivity index (χ4n) is 20.7. The van der Waals surface area contributed by atoms with E-state index >= 15 is 0 Å². The van der Waals surface area contributed by atoms with E-state index in [-0.39, 0.29) is 39.2 Å². The molecule has 620 valence electrons. The van der Waals surface area contributed by atoms with E-state index in [1.807, 2.05) is 0 Å². The van der Waals surface area contributed by atoms with Gasteiger partial charge in [-0.1, -0.05) is 362 Å². The number of fused-ring (bicyclic) bond motifs is 10. The molecule has 4 nitrogen and oxygen atoms in total. The summed E-state index contributed by atoms with van der Waals surface area (Å²) in [6, 6.07) is 124. The highest BCUT2D eigenvalue weighted by atomic mass is 15.2.